The Labute approximate surface area is 162 Å². The number of hydrogen-bond acceptors (Lipinski definition) is 5. The zero-order valence-corrected chi connectivity index (χ0v) is 16.3. The lowest BCUT2D eigenvalue weighted by Crippen LogP contribution is -2.30. The van der Waals surface area contributed by atoms with Crippen molar-refractivity contribution in [2.45, 2.75) is 43.0 Å². The van der Waals surface area contributed by atoms with Crippen molar-refractivity contribution < 1.29 is 21.9 Å². The maximum atomic E-state index is 14.0. The Kier molecular flexibility index (Phi) is 5.19. The topological polar surface area (TPSA) is 77.3 Å². The summed E-state index contributed by atoms with van der Waals surface area (Å²) in [6, 6.07) is 2.34. The molecule has 3 heterocycles. The van der Waals surface area contributed by atoms with Crippen LogP contribution in [0, 0.1) is 18.6 Å². The molecule has 2 fully saturated rings. The number of nitrogens with zero attached hydrogens (tertiary/aromatic N) is 4. The first-order valence-electron chi connectivity index (χ1n) is 9.32. The van der Waals surface area contributed by atoms with Crippen LogP contribution in [0.5, 0.6) is 0 Å². The van der Waals surface area contributed by atoms with E-state index in [1.54, 1.807) is 0 Å². The number of hydrogen-bond donors (Lipinski definition) is 0. The molecule has 0 bridgehead atoms. The maximum Gasteiger partial charge on any atom is 0.246 e. The van der Waals surface area contributed by atoms with Gasteiger partial charge in [0.15, 0.2) is 0 Å². The molecular formula is C18H22F2N4O3S. The molecule has 152 valence electrons. The van der Waals surface area contributed by atoms with Crippen molar-refractivity contribution in [3.63, 3.8) is 0 Å². The maximum absolute atomic E-state index is 14.0. The van der Waals surface area contributed by atoms with Gasteiger partial charge in [-0.2, -0.15) is 9.40 Å². The van der Waals surface area contributed by atoms with E-state index in [9.17, 15) is 17.2 Å². The molecule has 2 aliphatic heterocycles. The Balaban J connectivity index is 1.58. The third kappa shape index (κ3) is 3.56. The lowest BCUT2D eigenvalue weighted by Gasteiger charge is -2.23. The number of aromatic nitrogens is 3. The highest BCUT2D eigenvalue weighted by Gasteiger charge is 2.37. The van der Waals surface area contributed by atoms with Gasteiger partial charge in [0.05, 0.1) is 6.04 Å². The van der Waals surface area contributed by atoms with E-state index in [1.165, 1.54) is 4.31 Å². The van der Waals surface area contributed by atoms with Gasteiger partial charge in [0.1, 0.15) is 28.2 Å². The predicted molar refractivity (Wildman–Crippen MR) is 96.3 cm³/mol. The molecule has 0 unspecified atom stereocenters. The summed E-state index contributed by atoms with van der Waals surface area (Å²) in [5.41, 5.74) is 0. The van der Waals surface area contributed by atoms with Gasteiger partial charge in [-0.1, -0.05) is 0 Å². The zero-order chi connectivity index (χ0) is 19.9. The average molecular weight is 412 g/mol. The second kappa shape index (κ2) is 7.49. The highest BCUT2D eigenvalue weighted by molar-refractivity contribution is 7.89. The third-order valence-corrected chi connectivity index (χ3v) is 7.23. The lowest BCUT2D eigenvalue weighted by molar-refractivity contribution is 0.0821. The molecule has 2 aromatic rings. The Bertz CT molecular complexity index is 973. The van der Waals surface area contributed by atoms with E-state index >= 15 is 0 Å². The van der Waals surface area contributed by atoms with E-state index in [4.69, 9.17) is 4.74 Å². The van der Waals surface area contributed by atoms with Gasteiger partial charge in [-0.25, -0.2) is 26.9 Å². The van der Waals surface area contributed by atoms with E-state index in [2.05, 4.69) is 10.1 Å². The van der Waals surface area contributed by atoms with Gasteiger partial charge < -0.3 is 4.74 Å². The number of benzene rings is 1. The van der Waals surface area contributed by atoms with Crippen LogP contribution in [0.2, 0.25) is 0 Å². The Morgan fingerprint density at radius 2 is 1.93 bits per heavy atom. The number of halogens is 2. The smallest absolute Gasteiger partial charge is 0.246 e. The molecule has 0 aliphatic carbocycles. The van der Waals surface area contributed by atoms with Gasteiger partial charge in [0.25, 0.3) is 0 Å². The van der Waals surface area contributed by atoms with Crippen LogP contribution in [0.15, 0.2) is 23.1 Å². The Morgan fingerprint density at radius 1 is 1.18 bits per heavy atom. The van der Waals surface area contributed by atoms with Crippen molar-refractivity contribution in [2.75, 3.05) is 26.3 Å². The minimum absolute atomic E-state index is 0.169. The molecule has 0 amide bonds. The number of rotatable bonds is 4. The van der Waals surface area contributed by atoms with Crippen LogP contribution in [-0.4, -0.2) is 53.8 Å². The molecule has 1 aromatic carbocycles. The van der Waals surface area contributed by atoms with Crippen LogP contribution < -0.4 is 0 Å². The fourth-order valence-corrected chi connectivity index (χ4v) is 5.44. The van der Waals surface area contributed by atoms with Crippen molar-refractivity contribution in [1.29, 1.82) is 0 Å². The molecule has 1 atom stereocenters. The molecule has 0 N–H and O–H groups in total. The van der Waals surface area contributed by atoms with Gasteiger partial charge in [-0.3, -0.25) is 0 Å². The van der Waals surface area contributed by atoms with E-state index in [0.717, 1.165) is 30.8 Å². The molecule has 7 nitrogen and oxygen atoms in total. The third-order valence-electron chi connectivity index (χ3n) is 5.33. The normalized spacial score (nSPS) is 22.0. The van der Waals surface area contributed by atoms with E-state index in [1.807, 2.05) is 11.6 Å². The molecule has 28 heavy (non-hydrogen) atoms. The van der Waals surface area contributed by atoms with Gasteiger partial charge in [-0.15, -0.1) is 0 Å². The molecule has 2 saturated heterocycles. The highest BCUT2D eigenvalue weighted by atomic mass is 32.2. The first-order valence-corrected chi connectivity index (χ1v) is 10.8. The number of aryl methyl sites for hydroxylation is 1. The summed E-state index contributed by atoms with van der Waals surface area (Å²) in [6.45, 7) is 3.59. The van der Waals surface area contributed by atoms with Crippen LogP contribution in [-0.2, 0) is 14.8 Å². The van der Waals surface area contributed by atoms with Gasteiger partial charge >= 0.3 is 0 Å². The number of sulfonamides is 1. The molecule has 0 saturated carbocycles. The Morgan fingerprint density at radius 3 is 2.64 bits per heavy atom. The molecule has 1 aromatic heterocycles. The van der Waals surface area contributed by atoms with Crippen molar-refractivity contribution in [2.24, 2.45) is 0 Å². The zero-order valence-electron chi connectivity index (χ0n) is 15.5. The van der Waals surface area contributed by atoms with Crippen molar-refractivity contribution >= 4 is 10.0 Å². The molecule has 0 radical (unpaired) electrons. The van der Waals surface area contributed by atoms with Gasteiger partial charge in [-0.05, 0) is 38.3 Å². The number of ether oxygens (including phenoxy) is 1. The minimum atomic E-state index is -4.05. The second-order valence-corrected chi connectivity index (χ2v) is 9.14. The molecule has 0 spiro atoms. The van der Waals surface area contributed by atoms with Crippen molar-refractivity contribution in [3.8, 4) is 0 Å². The van der Waals surface area contributed by atoms with Gasteiger partial charge in [0.2, 0.25) is 10.0 Å². The summed E-state index contributed by atoms with van der Waals surface area (Å²) in [4.78, 5) is 4.07. The Hall–Kier alpha value is -1.91. The largest absolute Gasteiger partial charge is 0.381 e. The summed E-state index contributed by atoms with van der Waals surface area (Å²) in [6.07, 6.45) is 2.27. The fraction of sp³-hybridized carbons (Fsp3) is 0.556. The molecular weight excluding hydrogens is 390 g/mol. The van der Waals surface area contributed by atoms with Crippen molar-refractivity contribution in [1.82, 2.24) is 19.1 Å². The van der Waals surface area contributed by atoms with Crippen LogP contribution in [0.3, 0.4) is 0 Å². The van der Waals surface area contributed by atoms with Crippen LogP contribution >= 0.6 is 0 Å². The monoisotopic (exact) mass is 412 g/mol. The average Bonchev–Trinajstić information content (AvgIpc) is 3.29. The summed E-state index contributed by atoms with van der Waals surface area (Å²) in [5, 5.41) is 4.51. The predicted octanol–water partition coefficient (Wildman–Crippen LogP) is 2.39. The first kappa shape index (κ1) is 19.4. The van der Waals surface area contributed by atoms with E-state index in [-0.39, 0.29) is 25.0 Å². The van der Waals surface area contributed by atoms with Crippen molar-refractivity contribution in [3.05, 3.63) is 41.5 Å². The van der Waals surface area contributed by atoms with E-state index < -0.39 is 26.6 Å². The summed E-state index contributed by atoms with van der Waals surface area (Å²) in [7, 11) is -4.05. The standard InChI is InChI=1S/C18H22F2N4O3S/c1-12-21-18(13-5-8-27-9-6-13)24(22-12)15-4-7-23(11-15)28(25,26)17-3-2-14(19)10-16(17)20/h2-3,10,13,15H,4-9,11H2,1H3/t15-/m0/s1. The molecule has 10 heteroatoms. The summed E-state index contributed by atoms with van der Waals surface area (Å²) < 4.78 is 61.3. The molecule has 4 rings (SSSR count). The van der Waals surface area contributed by atoms with Crippen LogP contribution in [0.25, 0.3) is 0 Å². The quantitative estimate of drug-likeness (QED) is 0.771. The summed E-state index contributed by atoms with van der Waals surface area (Å²) in [5.74, 6) is -0.154. The van der Waals surface area contributed by atoms with Gasteiger partial charge in [0, 0.05) is 38.3 Å². The first-order chi connectivity index (χ1) is 13.4. The van der Waals surface area contributed by atoms with E-state index in [0.29, 0.717) is 31.5 Å². The SMILES string of the molecule is Cc1nc(C2CCOCC2)n([C@H]2CCN(S(=O)(=O)c3ccc(F)cc3F)C2)n1. The second-order valence-electron chi connectivity index (χ2n) is 7.23. The lowest BCUT2D eigenvalue weighted by atomic mass is 9.99. The van der Waals surface area contributed by atoms with Crippen LogP contribution in [0.1, 0.15) is 42.9 Å². The van der Waals surface area contributed by atoms with Crippen LogP contribution in [0.4, 0.5) is 8.78 Å². The molecule has 2 aliphatic rings. The minimum Gasteiger partial charge on any atom is -0.381 e. The fourth-order valence-electron chi connectivity index (χ4n) is 3.90. The highest BCUT2D eigenvalue weighted by Crippen LogP contribution is 2.32. The summed E-state index contributed by atoms with van der Waals surface area (Å²) >= 11 is 0.